The summed E-state index contributed by atoms with van der Waals surface area (Å²) in [5.74, 6) is 0.611. The van der Waals surface area contributed by atoms with E-state index in [-0.39, 0.29) is 17.1 Å². The minimum Gasteiger partial charge on any atom is -0.300 e. The summed E-state index contributed by atoms with van der Waals surface area (Å²) in [6, 6.07) is 4.12. The predicted octanol–water partition coefficient (Wildman–Crippen LogP) is 3.94. The van der Waals surface area contributed by atoms with Crippen molar-refractivity contribution in [3.8, 4) is 0 Å². The fourth-order valence-corrected chi connectivity index (χ4v) is 3.21. The molecule has 0 fully saturated rings. The lowest BCUT2D eigenvalue weighted by atomic mass is 9.77. The molecular formula is C17H22O2. The highest BCUT2D eigenvalue weighted by Gasteiger charge is 2.33. The van der Waals surface area contributed by atoms with Crippen molar-refractivity contribution in [3.63, 3.8) is 0 Å². The normalized spacial score (nSPS) is 21.7. The van der Waals surface area contributed by atoms with Gasteiger partial charge in [-0.15, -0.1) is 0 Å². The number of hydrogen-bond acceptors (Lipinski definition) is 2. The summed E-state index contributed by atoms with van der Waals surface area (Å²) in [7, 11) is 0. The second-order valence-corrected chi connectivity index (χ2v) is 6.52. The molecule has 1 aliphatic carbocycles. The second-order valence-electron chi connectivity index (χ2n) is 6.52. The predicted molar refractivity (Wildman–Crippen MR) is 76.9 cm³/mol. The number of aryl methyl sites for hydroxylation is 1. The summed E-state index contributed by atoms with van der Waals surface area (Å²) in [5.41, 5.74) is 4.06. The Hall–Kier alpha value is -1.44. The van der Waals surface area contributed by atoms with Crippen molar-refractivity contribution in [2.75, 3.05) is 0 Å². The molecule has 2 heteroatoms. The fourth-order valence-electron chi connectivity index (χ4n) is 3.21. The number of fused-ring (bicyclic) bond motifs is 1. The number of Topliss-reactive ketones (excluding diaryl/α,β-unsaturated/α-hetero) is 2. The molecule has 1 aliphatic rings. The van der Waals surface area contributed by atoms with Gasteiger partial charge in [0.2, 0.25) is 0 Å². The van der Waals surface area contributed by atoms with Gasteiger partial charge in [-0.25, -0.2) is 0 Å². The molecule has 0 amide bonds. The zero-order valence-corrected chi connectivity index (χ0v) is 12.5. The van der Waals surface area contributed by atoms with Gasteiger partial charge in [-0.1, -0.05) is 26.8 Å². The first-order valence-corrected chi connectivity index (χ1v) is 6.90. The first-order valence-electron chi connectivity index (χ1n) is 6.90. The molecule has 1 unspecified atom stereocenters. The van der Waals surface area contributed by atoms with E-state index in [1.165, 1.54) is 11.1 Å². The van der Waals surface area contributed by atoms with Gasteiger partial charge in [0, 0.05) is 18.4 Å². The summed E-state index contributed by atoms with van der Waals surface area (Å²) in [6.45, 7) is 9.90. The van der Waals surface area contributed by atoms with E-state index in [9.17, 15) is 9.59 Å². The van der Waals surface area contributed by atoms with Gasteiger partial charge in [0.1, 0.15) is 5.78 Å². The standard InChI is InChI=1S/C17H22O2/c1-10-6-13(19)9-17(4,5)16-7-11(2)14(12(3)18)8-15(10)16/h7-8,10H,6,9H2,1-5H3. The molecule has 0 bridgehead atoms. The molecule has 0 heterocycles. The van der Waals surface area contributed by atoms with Crippen molar-refractivity contribution in [2.45, 2.75) is 58.8 Å². The van der Waals surface area contributed by atoms with E-state index in [0.717, 1.165) is 11.1 Å². The molecule has 1 aromatic carbocycles. The van der Waals surface area contributed by atoms with Crippen LogP contribution in [0.5, 0.6) is 0 Å². The van der Waals surface area contributed by atoms with Gasteiger partial charge in [0.15, 0.2) is 5.78 Å². The molecule has 2 nitrogen and oxygen atoms in total. The molecule has 1 aromatic rings. The summed E-state index contributed by atoms with van der Waals surface area (Å²) in [4.78, 5) is 23.7. The van der Waals surface area contributed by atoms with Crippen molar-refractivity contribution in [1.29, 1.82) is 0 Å². The maximum atomic E-state index is 12.0. The maximum absolute atomic E-state index is 12.0. The van der Waals surface area contributed by atoms with Gasteiger partial charge in [-0.3, -0.25) is 9.59 Å². The number of carbonyl (C=O) groups excluding carboxylic acids is 2. The van der Waals surface area contributed by atoms with E-state index < -0.39 is 0 Å². The Morgan fingerprint density at radius 1 is 1.32 bits per heavy atom. The molecule has 0 aliphatic heterocycles. The van der Waals surface area contributed by atoms with Crippen molar-refractivity contribution in [2.24, 2.45) is 0 Å². The lowest BCUT2D eigenvalue weighted by Gasteiger charge is -2.26. The Kier molecular flexibility index (Phi) is 3.38. The van der Waals surface area contributed by atoms with Crippen LogP contribution in [-0.4, -0.2) is 11.6 Å². The van der Waals surface area contributed by atoms with Gasteiger partial charge in [-0.2, -0.15) is 0 Å². The third-order valence-electron chi connectivity index (χ3n) is 4.21. The molecule has 19 heavy (non-hydrogen) atoms. The second kappa shape index (κ2) is 4.59. The molecule has 0 saturated carbocycles. The summed E-state index contributed by atoms with van der Waals surface area (Å²) in [6.07, 6.45) is 1.17. The van der Waals surface area contributed by atoms with E-state index in [4.69, 9.17) is 0 Å². The van der Waals surface area contributed by atoms with E-state index >= 15 is 0 Å². The van der Waals surface area contributed by atoms with Crippen LogP contribution in [0.2, 0.25) is 0 Å². The summed E-state index contributed by atoms with van der Waals surface area (Å²) in [5, 5.41) is 0. The minimum absolute atomic E-state index is 0.0980. The molecule has 0 radical (unpaired) electrons. The third-order valence-corrected chi connectivity index (χ3v) is 4.21. The molecule has 0 N–H and O–H groups in total. The van der Waals surface area contributed by atoms with Crippen molar-refractivity contribution >= 4 is 11.6 Å². The largest absolute Gasteiger partial charge is 0.300 e. The Morgan fingerprint density at radius 2 is 1.95 bits per heavy atom. The first kappa shape index (κ1) is 14.0. The van der Waals surface area contributed by atoms with Crippen molar-refractivity contribution in [1.82, 2.24) is 0 Å². The highest BCUT2D eigenvalue weighted by Crippen LogP contribution is 2.40. The van der Waals surface area contributed by atoms with Crippen LogP contribution in [0.1, 0.15) is 73.5 Å². The van der Waals surface area contributed by atoms with Crippen LogP contribution in [0.3, 0.4) is 0 Å². The topological polar surface area (TPSA) is 34.1 Å². The SMILES string of the molecule is CC(=O)c1cc2c(cc1C)C(C)(C)CC(=O)CC2C. The lowest BCUT2D eigenvalue weighted by molar-refractivity contribution is -0.120. The van der Waals surface area contributed by atoms with Crippen LogP contribution in [-0.2, 0) is 10.2 Å². The van der Waals surface area contributed by atoms with Crippen LogP contribution in [0.15, 0.2) is 12.1 Å². The van der Waals surface area contributed by atoms with E-state index in [1.54, 1.807) is 6.92 Å². The van der Waals surface area contributed by atoms with Crippen LogP contribution < -0.4 is 0 Å². The monoisotopic (exact) mass is 258 g/mol. The van der Waals surface area contributed by atoms with Gasteiger partial charge in [0.05, 0.1) is 0 Å². The molecular weight excluding hydrogens is 236 g/mol. The Morgan fingerprint density at radius 3 is 2.53 bits per heavy atom. The quantitative estimate of drug-likeness (QED) is 0.564. The average molecular weight is 258 g/mol. The van der Waals surface area contributed by atoms with Gasteiger partial charge in [0.25, 0.3) is 0 Å². The Labute approximate surface area is 115 Å². The zero-order chi connectivity index (χ0) is 14.4. The van der Waals surface area contributed by atoms with E-state index in [2.05, 4.69) is 26.8 Å². The fraction of sp³-hybridized carbons (Fsp3) is 0.529. The number of benzene rings is 1. The number of ketones is 2. The maximum Gasteiger partial charge on any atom is 0.160 e. The van der Waals surface area contributed by atoms with Crippen LogP contribution in [0.25, 0.3) is 0 Å². The summed E-state index contributed by atoms with van der Waals surface area (Å²) < 4.78 is 0. The zero-order valence-electron chi connectivity index (χ0n) is 12.5. The molecule has 0 spiro atoms. The molecule has 0 saturated heterocycles. The first-order chi connectivity index (χ1) is 8.72. The van der Waals surface area contributed by atoms with E-state index in [1.807, 2.05) is 13.0 Å². The number of hydrogen-bond donors (Lipinski definition) is 0. The molecule has 0 aromatic heterocycles. The smallest absolute Gasteiger partial charge is 0.160 e. The summed E-state index contributed by atoms with van der Waals surface area (Å²) >= 11 is 0. The molecule has 1 atom stereocenters. The van der Waals surface area contributed by atoms with E-state index in [0.29, 0.717) is 18.6 Å². The van der Waals surface area contributed by atoms with Crippen LogP contribution >= 0.6 is 0 Å². The number of carbonyl (C=O) groups is 2. The highest BCUT2D eigenvalue weighted by molar-refractivity contribution is 5.96. The van der Waals surface area contributed by atoms with Gasteiger partial charge in [-0.05, 0) is 47.9 Å². The molecule has 102 valence electrons. The highest BCUT2D eigenvalue weighted by atomic mass is 16.1. The minimum atomic E-state index is -0.142. The average Bonchev–Trinajstić information content (AvgIpc) is 2.33. The van der Waals surface area contributed by atoms with Gasteiger partial charge >= 0.3 is 0 Å². The Balaban J connectivity index is 2.69. The van der Waals surface area contributed by atoms with Crippen molar-refractivity contribution < 1.29 is 9.59 Å². The van der Waals surface area contributed by atoms with Crippen molar-refractivity contribution in [3.05, 3.63) is 34.4 Å². The number of rotatable bonds is 1. The third kappa shape index (κ3) is 2.49. The Bertz CT molecular complexity index is 553. The van der Waals surface area contributed by atoms with Gasteiger partial charge < -0.3 is 0 Å². The van der Waals surface area contributed by atoms with Crippen LogP contribution in [0, 0.1) is 6.92 Å². The molecule has 2 rings (SSSR count). The lowest BCUT2D eigenvalue weighted by Crippen LogP contribution is -2.21. The van der Waals surface area contributed by atoms with Crippen LogP contribution in [0.4, 0.5) is 0 Å².